The van der Waals surface area contributed by atoms with Gasteiger partial charge in [-0.15, -0.1) is 0 Å². The lowest BCUT2D eigenvalue weighted by Crippen LogP contribution is -2.33. The summed E-state index contributed by atoms with van der Waals surface area (Å²) in [4.78, 5) is 14.0. The van der Waals surface area contributed by atoms with Crippen molar-refractivity contribution in [2.75, 3.05) is 13.1 Å². The fraction of sp³-hybridized carbons (Fsp3) is 0.611. The van der Waals surface area contributed by atoms with Crippen molar-refractivity contribution in [3.05, 3.63) is 35.4 Å². The highest BCUT2D eigenvalue weighted by Gasteiger charge is 2.31. The third-order valence-corrected chi connectivity index (χ3v) is 4.17. The molecule has 24 heavy (non-hydrogen) atoms. The zero-order valence-corrected chi connectivity index (χ0v) is 14.4. The van der Waals surface area contributed by atoms with E-state index in [1.54, 1.807) is 17.9 Å². The summed E-state index contributed by atoms with van der Waals surface area (Å²) >= 11 is 0. The maximum absolute atomic E-state index is 12.9. The van der Waals surface area contributed by atoms with Crippen LogP contribution in [0.1, 0.15) is 63.1 Å². The number of nitrogens with two attached hydrogens (primary N) is 1. The first kappa shape index (κ1) is 20.5. The summed E-state index contributed by atoms with van der Waals surface area (Å²) in [5.74, 6) is -0.0184. The molecule has 1 aromatic rings. The highest BCUT2D eigenvalue weighted by Crippen LogP contribution is 2.32. The largest absolute Gasteiger partial charge is 0.416 e. The lowest BCUT2D eigenvalue weighted by Gasteiger charge is -2.29. The van der Waals surface area contributed by atoms with E-state index < -0.39 is 11.7 Å². The summed E-state index contributed by atoms with van der Waals surface area (Å²) in [7, 11) is 0. The molecular formula is C18H27F3N2O. The Kier molecular flexibility index (Phi) is 8.25. The molecule has 0 saturated carbocycles. The van der Waals surface area contributed by atoms with Gasteiger partial charge < -0.3 is 10.6 Å². The number of nitrogens with zero attached hydrogens (tertiary/aromatic N) is 1. The van der Waals surface area contributed by atoms with Crippen LogP contribution in [0.25, 0.3) is 0 Å². The van der Waals surface area contributed by atoms with Crippen molar-refractivity contribution in [3.8, 4) is 0 Å². The Hall–Kier alpha value is -1.56. The van der Waals surface area contributed by atoms with Gasteiger partial charge in [0.2, 0.25) is 5.91 Å². The van der Waals surface area contributed by atoms with Gasteiger partial charge in [0.15, 0.2) is 0 Å². The molecule has 0 aliphatic rings. The van der Waals surface area contributed by atoms with E-state index in [4.69, 9.17) is 5.73 Å². The average Bonchev–Trinajstić information content (AvgIpc) is 2.54. The van der Waals surface area contributed by atoms with Crippen molar-refractivity contribution >= 4 is 5.91 Å². The third-order valence-electron chi connectivity index (χ3n) is 4.17. The Morgan fingerprint density at radius 2 is 1.88 bits per heavy atom. The van der Waals surface area contributed by atoms with Gasteiger partial charge in [0.05, 0.1) is 11.6 Å². The lowest BCUT2D eigenvalue weighted by atomic mass is 10.0. The highest BCUT2D eigenvalue weighted by atomic mass is 19.4. The molecule has 3 nitrogen and oxygen atoms in total. The fourth-order valence-electron chi connectivity index (χ4n) is 2.74. The van der Waals surface area contributed by atoms with Crippen LogP contribution in [0.5, 0.6) is 0 Å². The highest BCUT2D eigenvalue weighted by molar-refractivity contribution is 5.76. The van der Waals surface area contributed by atoms with Crippen molar-refractivity contribution < 1.29 is 18.0 Å². The van der Waals surface area contributed by atoms with E-state index in [0.717, 1.165) is 37.8 Å². The lowest BCUT2D eigenvalue weighted by molar-refractivity contribution is -0.137. The quantitative estimate of drug-likeness (QED) is 0.669. The Morgan fingerprint density at radius 3 is 2.46 bits per heavy atom. The summed E-state index contributed by atoms with van der Waals surface area (Å²) in [5.41, 5.74) is 5.25. The van der Waals surface area contributed by atoms with Gasteiger partial charge in [-0.3, -0.25) is 4.79 Å². The van der Waals surface area contributed by atoms with Crippen LogP contribution in [-0.2, 0) is 11.0 Å². The standard InChI is InChI=1S/C18H27F3N2O/c1-3-23(17(24)11-6-4-5-7-12-22)14(2)15-9-8-10-16(13-15)18(19,20)21/h8-10,13-14H,3-7,11-12,22H2,1-2H3. The number of alkyl halides is 3. The number of halogens is 3. The van der Waals surface area contributed by atoms with Crippen LogP contribution in [0, 0.1) is 0 Å². The first-order valence-corrected chi connectivity index (χ1v) is 8.48. The molecule has 0 heterocycles. The van der Waals surface area contributed by atoms with Crippen LogP contribution in [0.15, 0.2) is 24.3 Å². The first-order valence-electron chi connectivity index (χ1n) is 8.48. The Morgan fingerprint density at radius 1 is 1.21 bits per heavy atom. The summed E-state index contributed by atoms with van der Waals surface area (Å²) in [5, 5.41) is 0. The van der Waals surface area contributed by atoms with E-state index in [9.17, 15) is 18.0 Å². The van der Waals surface area contributed by atoms with Crippen molar-refractivity contribution in [1.29, 1.82) is 0 Å². The van der Waals surface area contributed by atoms with Crippen molar-refractivity contribution in [2.45, 2.75) is 58.2 Å². The molecule has 0 saturated heterocycles. The Labute approximate surface area is 142 Å². The molecule has 1 aromatic carbocycles. The molecule has 2 N–H and O–H groups in total. The van der Waals surface area contributed by atoms with Crippen LogP contribution in [-0.4, -0.2) is 23.9 Å². The average molecular weight is 344 g/mol. The van der Waals surface area contributed by atoms with Gasteiger partial charge in [0, 0.05) is 13.0 Å². The number of carbonyl (C=O) groups is 1. The maximum atomic E-state index is 12.9. The maximum Gasteiger partial charge on any atom is 0.416 e. The minimum Gasteiger partial charge on any atom is -0.336 e. The van der Waals surface area contributed by atoms with Crippen LogP contribution in [0.2, 0.25) is 0 Å². The number of rotatable bonds is 9. The molecule has 1 atom stereocenters. The van der Waals surface area contributed by atoms with E-state index >= 15 is 0 Å². The Bertz CT molecular complexity index is 517. The van der Waals surface area contributed by atoms with E-state index in [1.165, 1.54) is 6.07 Å². The van der Waals surface area contributed by atoms with Crippen molar-refractivity contribution in [2.24, 2.45) is 5.73 Å². The Balaban J connectivity index is 2.72. The molecule has 1 rings (SSSR count). The number of unbranched alkanes of at least 4 members (excludes halogenated alkanes) is 3. The monoisotopic (exact) mass is 344 g/mol. The molecule has 136 valence electrons. The second-order valence-electron chi connectivity index (χ2n) is 5.93. The van der Waals surface area contributed by atoms with Crippen LogP contribution in [0.4, 0.5) is 13.2 Å². The smallest absolute Gasteiger partial charge is 0.336 e. The summed E-state index contributed by atoms with van der Waals surface area (Å²) in [6, 6.07) is 4.82. The molecule has 6 heteroatoms. The van der Waals surface area contributed by atoms with Crippen LogP contribution < -0.4 is 5.73 Å². The molecule has 1 amide bonds. The van der Waals surface area contributed by atoms with Gasteiger partial charge in [-0.25, -0.2) is 0 Å². The SMILES string of the molecule is CCN(C(=O)CCCCCCN)C(C)c1cccc(C(F)(F)F)c1. The molecular weight excluding hydrogens is 317 g/mol. The van der Waals surface area contributed by atoms with Crippen molar-refractivity contribution in [1.82, 2.24) is 4.90 Å². The van der Waals surface area contributed by atoms with E-state index in [2.05, 4.69) is 0 Å². The van der Waals surface area contributed by atoms with Gasteiger partial charge in [-0.1, -0.05) is 25.0 Å². The number of hydrogen-bond acceptors (Lipinski definition) is 2. The molecule has 0 aliphatic carbocycles. The van der Waals surface area contributed by atoms with E-state index in [0.29, 0.717) is 25.1 Å². The number of benzene rings is 1. The van der Waals surface area contributed by atoms with Crippen LogP contribution >= 0.6 is 0 Å². The molecule has 0 fully saturated rings. The minimum absolute atomic E-state index is 0.0184. The number of hydrogen-bond donors (Lipinski definition) is 1. The van der Waals surface area contributed by atoms with E-state index in [1.807, 2.05) is 6.92 Å². The fourth-order valence-corrected chi connectivity index (χ4v) is 2.74. The normalized spacial score (nSPS) is 12.9. The molecule has 1 unspecified atom stereocenters. The van der Waals surface area contributed by atoms with Gasteiger partial charge >= 0.3 is 6.18 Å². The third kappa shape index (κ3) is 6.15. The molecule has 0 aromatic heterocycles. The first-order chi connectivity index (χ1) is 11.3. The second-order valence-corrected chi connectivity index (χ2v) is 5.93. The molecule has 0 spiro atoms. The van der Waals surface area contributed by atoms with Crippen LogP contribution in [0.3, 0.4) is 0 Å². The van der Waals surface area contributed by atoms with E-state index in [-0.39, 0.29) is 11.9 Å². The van der Waals surface area contributed by atoms with Gasteiger partial charge in [-0.2, -0.15) is 13.2 Å². The van der Waals surface area contributed by atoms with Crippen molar-refractivity contribution in [3.63, 3.8) is 0 Å². The molecule has 0 aliphatic heterocycles. The summed E-state index contributed by atoms with van der Waals surface area (Å²) < 4.78 is 38.6. The topological polar surface area (TPSA) is 46.3 Å². The predicted octanol–water partition coefficient (Wildman–Crippen LogP) is 4.52. The summed E-state index contributed by atoms with van der Waals surface area (Å²) in [6.07, 6.45) is -0.282. The van der Waals surface area contributed by atoms with Gasteiger partial charge in [0.1, 0.15) is 0 Å². The molecule has 0 radical (unpaired) electrons. The second kappa shape index (κ2) is 9.67. The minimum atomic E-state index is -4.38. The number of amides is 1. The van der Waals surface area contributed by atoms with Gasteiger partial charge in [-0.05, 0) is 50.9 Å². The number of carbonyl (C=O) groups excluding carboxylic acids is 1. The zero-order valence-electron chi connectivity index (χ0n) is 14.4. The summed E-state index contributed by atoms with van der Waals surface area (Å²) in [6.45, 7) is 4.74. The predicted molar refractivity (Wildman–Crippen MR) is 89.4 cm³/mol. The zero-order chi connectivity index (χ0) is 18.2. The van der Waals surface area contributed by atoms with Gasteiger partial charge in [0.25, 0.3) is 0 Å². The molecule has 0 bridgehead atoms.